The van der Waals surface area contributed by atoms with Crippen molar-refractivity contribution in [2.24, 2.45) is 4.99 Å². The topological polar surface area (TPSA) is 63.6 Å². The lowest BCUT2D eigenvalue weighted by atomic mass is 10.2. The highest BCUT2D eigenvalue weighted by atomic mass is 32.2. The number of ether oxygens (including phenoxy) is 1. The summed E-state index contributed by atoms with van der Waals surface area (Å²) in [4.78, 5) is 20.5. The molecule has 5 nitrogen and oxygen atoms in total. The van der Waals surface area contributed by atoms with E-state index >= 15 is 0 Å². The Balaban J connectivity index is 1.83. The number of rotatable bonds is 3. The van der Waals surface area contributed by atoms with Crippen molar-refractivity contribution in [1.29, 1.82) is 0 Å². The SMILES string of the molecule is O=C1NC(=Nc2ccc(OC(F)(F)F)cc2)C(=Cc2cccnc2)S1. The molecule has 9 heteroatoms. The van der Waals surface area contributed by atoms with Crippen LogP contribution in [0.3, 0.4) is 0 Å². The molecule has 1 N–H and O–H groups in total. The van der Waals surface area contributed by atoms with E-state index < -0.39 is 6.36 Å². The van der Waals surface area contributed by atoms with Gasteiger partial charge in [0.25, 0.3) is 5.24 Å². The van der Waals surface area contributed by atoms with Gasteiger partial charge in [0.1, 0.15) is 11.6 Å². The van der Waals surface area contributed by atoms with Gasteiger partial charge in [-0.2, -0.15) is 0 Å². The maximum absolute atomic E-state index is 12.2. The van der Waals surface area contributed by atoms with Crippen LogP contribution in [-0.2, 0) is 0 Å². The third kappa shape index (κ3) is 4.83. The van der Waals surface area contributed by atoms with Crippen molar-refractivity contribution in [1.82, 2.24) is 10.3 Å². The fourth-order valence-electron chi connectivity index (χ4n) is 1.98. The number of nitrogens with zero attached hydrogens (tertiary/aromatic N) is 2. The van der Waals surface area contributed by atoms with Crippen molar-refractivity contribution in [3.63, 3.8) is 0 Å². The molecule has 1 aromatic carbocycles. The summed E-state index contributed by atoms with van der Waals surface area (Å²) < 4.78 is 40.3. The molecule has 128 valence electrons. The molecule has 1 aliphatic rings. The van der Waals surface area contributed by atoms with Gasteiger partial charge >= 0.3 is 6.36 Å². The summed E-state index contributed by atoms with van der Waals surface area (Å²) in [5.74, 6) is -0.0178. The molecule has 1 amide bonds. The number of thioether (sulfide) groups is 1. The lowest BCUT2D eigenvalue weighted by molar-refractivity contribution is -0.274. The Morgan fingerprint density at radius 1 is 1.20 bits per heavy atom. The Bertz CT molecular complexity index is 834. The molecule has 0 saturated carbocycles. The van der Waals surface area contributed by atoms with Crippen LogP contribution in [0.4, 0.5) is 23.7 Å². The van der Waals surface area contributed by atoms with Crippen LogP contribution in [-0.4, -0.2) is 22.4 Å². The fourth-order valence-corrected chi connectivity index (χ4v) is 2.71. The summed E-state index contributed by atoms with van der Waals surface area (Å²) >= 11 is 0.978. The van der Waals surface area contributed by atoms with Crippen molar-refractivity contribution >= 4 is 34.6 Å². The molecule has 0 aliphatic carbocycles. The number of nitrogens with one attached hydrogen (secondary N) is 1. The van der Waals surface area contributed by atoms with Gasteiger partial charge in [0.05, 0.1) is 10.6 Å². The van der Waals surface area contributed by atoms with Crippen LogP contribution >= 0.6 is 11.8 Å². The minimum atomic E-state index is -4.75. The Morgan fingerprint density at radius 2 is 1.96 bits per heavy atom. The predicted molar refractivity (Wildman–Crippen MR) is 88.6 cm³/mol. The normalized spacial score (nSPS) is 17.8. The van der Waals surface area contributed by atoms with E-state index in [9.17, 15) is 18.0 Å². The molecular formula is C16H10F3N3O2S. The van der Waals surface area contributed by atoms with E-state index in [1.165, 1.54) is 12.1 Å². The van der Waals surface area contributed by atoms with Crippen LogP contribution in [0.1, 0.15) is 5.56 Å². The van der Waals surface area contributed by atoms with Gasteiger partial charge in [-0.25, -0.2) is 4.99 Å². The number of benzene rings is 1. The predicted octanol–water partition coefficient (Wildman–Crippen LogP) is 4.51. The third-order valence-electron chi connectivity index (χ3n) is 2.95. The Labute approximate surface area is 144 Å². The first-order valence-electron chi connectivity index (χ1n) is 6.94. The lowest BCUT2D eigenvalue weighted by Gasteiger charge is -2.08. The number of aromatic nitrogens is 1. The first kappa shape index (κ1) is 17.0. The second-order valence-electron chi connectivity index (χ2n) is 4.81. The van der Waals surface area contributed by atoms with E-state index in [0.717, 1.165) is 29.5 Å². The first-order valence-corrected chi connectivity index (χ1v) is 7.76. The van der Waals surface area contributed by atoms with Gasteiger partial charge < -0.3 is 10.1 Å². The minimum Gasteiger partial charge on any atom is -0.406 e. The summed E-state index contributed by atoms with van der Waals surface area (Å²) in [5, 5.41) is 2.31. The lowest BCUT2D eigenvalue weighted by Crippen LogP contribution is -2.18. The second kappa shape index (κ2) is 6.98. The van der Waals surface area contributed by atoms with Crippen molar-refractivity contribution in [3.8, 4) is 5.75 Å². The zero-order valence-corrected chi connectivity index (χ0v) is 13.3. The molecule has 1 aliphatic heterocycles. The van der Waals surface area contributed by atoms with Crippen molar-refractivity contribution in [2.45, 2.75) is 6.36 Å². The molecule has 1 fully saturated rings. The number of pyridine rings is 1. The van der Waals surface area contributed by atoms with E-state index in [0.29, 0.717) is 16.4 Å². The zero-order chi connectivity index (χ0) is 17.9. The summed E-state index contributed by atoms with van der Waals surface area (Å²) in [6.45, 7) is 0. The van der Waals surface area contributed by atoms with E-state index in [1.807, 2.05) is 6.07 Å². The van der Waals surface area contributed by atoms with Crippen LogP contribution in [0.25, 0.3) is 6.08 Å². The maximum Gasteiger partial charge on any atom is 0.573 e. The Kier molecular flexibility index (Phi) is 4.75. The monoisotopic (exact) mass is 365 g/mol. The molecule has 0 atom stereocenters. The number of hydrogen-bond acceptors (Lipinski definition) is 5. The average Bonchev–Trinajstić information content (AvgIpc) is 2.88. The van der Waals surface area contributed by atoms with Gasteiger partial charge in [-0.15, -0.1) is 13.2 Å². The number of hydrogen-bond donors (Lipinski definition) is 1. The standard InChI is InChI=1S/C16H10F3N3O2S/c17-16(18,19)24-12-5-3-11(4-6-12)21-14-13(25-15(23)22-14)8-10-2-1-7-20-9-10/h1-9H,(H,21,22,23). The number of carbonyl (C=O) groups excluding carboxylic acids is 1. The summed E-state index contributed by atoms with van der Waals surface area (Å²) in [5.41, 5.74) is 1.17. The first-order chi connectivity index (χ1) is 11.9. The number of halogens is 3. The van der Waals surface area contributed by atoms with Crippen LogP contribution in [0.2, 0.25) is 0 Å². The van der Waals surface area contributed by atoms with Crippen LogP contribution in [0.15, 0.2) is 58.7 Å². The van der Waals surface area contributed by atoms with E-state index in [1.54, 1.807) is 24.5 Å². The molecule has 0 radical (unpaired) electrons. The van der Waals surface area contributed by atoms with Crippen molar-refractivity contribution < 1.29 is 22.7 Å². The van der Waals surface area contributed by atoms with Gasteiger partial charge in [0.2, 0.25) is 0 Å². The molecule has 0 spiro atoms. The minimum absolute atomic E-state index is 0.286. The summed E-state index contributed by atoms with van der Waals surface area (Å²) in [6, 6.07) is 8.63. The fraction of sp³-hybridized carbons (Fsp3) is 0.0625. The quantitative estimate of drug-likeness (QED) is 0.869. The number of carbonyl (C=O) groups is 1. The molecule has 0 bridgehead atoms. The second-order valence-corrected chi connectivity index (χ2v) is 5.83. The molecule has 1 aromatic heterocycles. The van der Waals surface area contributed by atoms with Gasteiger partial charge in [0, 0.05) is 12.4 Å². The van der Waals surface area contributed by atoms with Gasteiger partial charge in [0.15, 0.2) is 0 Å². The molecule has 2 aromatic rings. The Hall–Kier alpha value is -2.81. The summed E-state index contributed by atoms with van der Waals surface area (Å²) in [7, 11) is 0. The zero-order valence-electron chi connectivity index (χ0n) is 12.4. The van der Waals surface area contributed by atoms with E-state index in [2.05, 4.69) is 20.0 Å². The smallest absolute Gasteiger partial charge is 0.406 e. The Morgan fingerprint density at radius 3 is 2.60 bits per heavy atom. The molecule has 2 heterocycles. The van der Waals surface area contributed by atoms with Crippen molar-refractivity contribution in [3.05, 3.63) is 59.3 Å². The average molecular weight is 365 g/mol. The maximum atomic E-state index is 12.2. The van der Waals surface area contributed by atoms with Crippen LogP contribution < -0.4 is 10.1 Å². The molecule has 1 saturated heterocycles. The summed E-state index contributed by atoms with van der Waals surface area (Å²) in [6.07, 6.45) is 0.267. The highest BCUT2D eigenvalue weighted by Gasteiger charge is 2.31. The molecule has 3 rings (SSSR count). The van der Waals surface area contributed by atoms with Gasteiger partial charge in [-0.3, -0.25) is 9.78 Å². The van der Waals surface area contributed by atoms with Crippen LogP contribution in [0, 0.1) is 0 Å². The molecule has 25 heavy (non-hydrogen) atoms. The third-order valence-corrected chi connectivity index (χ3v) is 3.77. The number of aliphatic imine (C=N–C) groups is 1. The van der Waals surface area contributed by atoms with Gasteiger partial charge in [-0.1, -0.05) is 6.07 Å². The number of amides is 1. The van der Waals surface area contributed by atoms with Gasteiger partial charge in [-0.05, 0) is 53.7 Å². The van der Waals surface area contributed by atoms with Crippen LogP contribution in [0.5, 0.6) is 5.75 Å². The highest BCUT2D eigenvalue weighted by Crippen LogP contribution is 2.29. The largest absolute Gasteiger partial charge is 0.573 e. The van der Waals surface area contributed by atoms with E-state index in [-0.39, 0.29) is 11.0 Å². The highest BCUT2D eigenvalue weighted by molar-refractivity contribution is 8.18. The van der Waals surface area contributed by atoms with Crippen molar-refractivity contribution in [2.75, 3.05) is 0 Å². The number of alkyl halides is 3. The number of amidine groups is 1. The molecule has 0 unspecified atom stereocenters. The van der Waals surface area contributed by atoms with E-state index in [4.69, 9.17) is 0 Å². The molecular weight excluding hydrogens is 355 g/mol.